The summed E-state index contributed by atoms with van der Waals surface area (Å²) in [5.41, 5.74) is 2.27. The number of benzene rings is 2. The predicted molar refractivity (Wildman–Crippen MR) is 103 cm³/mol. The number of carbonyl (C=O) groups excluding carboxylic acids is 1. The fourth-order valence-corrected chi connectivity index (χ4v) is 3.46. The summed E-state index contributed by atoms with van der Waals surface area (Å²) < 4.78 is 1.34. The van der Waals surface area contributed by atoms with Crippen LogP contribution in [-0.2, 0) is 6.54 Å². The van der Waals surface area contributed by atoms with Crippen LogP contribution in [0.25, 0.3) is 0 Å². The number of aromatic nitrogens is 1. The molecule has 0 bridgehead atoms. The Labute approximate surface area is 157 Å². The van der Waals surface area contributed by atoms with Gasteiger partial charge in [-0.25, -0.2) is 4.98 Å². The molecule has 0 atom stereocenters. The van der Waals surface area contributed by atoms with Gasteiger partial charge in [-0.15, -0.1) is 11.3 Å². The van der Waals surface area contributed by atoms with Gasteiger partial charge < -0.3 is 10.6 Å². The van der Waals surface area contributed by atoms with Gasteiger partial charge in [-0.1, -0.05) is 29.8 Å². The van der Waals surface area contributed by atoms with E-state index in [1.807, 2.05) is 36.4 Å². The van der Waals surface area contributed by atoms with Gasteiger partial charge in [0.25, 0.3) is 5.91 Å². The van der Waals surface area contributed by atoms with E-state index in [0.29, 0.717) is 16.6 Å². The minimum atomic E-state index is -0.142. The van der Waals surface area contributed by atoms with Gasteiger partial charge in [-0.05, 0) is 46.3 Å². The molecule has 0 saturated carbocycles. The van der Waals surface area contributed by atoms with Gasteiger partial charge >= 0.3 is 0 Å². The lowest BCUT2D eigenvalue weighted by Gasteiger charge is -2.10. The van der Waals surface area contributed by atoms with Crippen molar-refractivity contribution in [1.29, 1.82) is 0 Å². The molecule has 1 heterocycles. The van der Waals surface area contributed by atoms with Crippen LogP contribution >= 0.6 is 38.9 Å². The Kier molecular flexibility index (Phi) is 5.50. The predicted octanol–water partition coefficient (Wildman–Crippen LogP) is 5.42. The van der Waals surface area contributed by atoms with Crippen molar-refractivity contribution in [3.63, 3.8) is 0 Å². The van der Waals surface area contributed by atoms with E-state index < -0.39 is 0 Å². The zero-order valence-electron chi connectivity index (χ0n) is 12.4. The molecule has 3 aromatic rings. The normalized spacial score (nSPS) is 10.4. The molecule has 2 aromatic carbocycles. The van der Waals surface area contributed by atoms with E-state index in [1.54, 1.807) is 18.3 Å². The fourth-order valence-electron chi connectivity index (χ4n) is 2.06. The van der Waals surface area contributed by atoms with Gasteiger partial charge in [0.05, 0.1) is 12.2 Å². The molecular formula is C17H13BrClN3OS. The van der Waals surface area contributed by atoms with E-state index in [1.165, 1.54) is 11.3 Å². The Balaban J connectivity index is 1.65. The van der Waals surface area contributed by atoms with Crippen LogP contribution in [0.2, 0.25) is 4.47 Å². The number of nitrogens with zero attached hydrogens (tertiary/aromatic N) is 1. The van der Waals surface area contributed by atoms with Gasteiger partial charge in [-0.3, -0.25) is 4.79 Å². The molecule has 3 rings (SSSR count). The molecule has 24 heavy (non-hydrogen) atoms. The third-order valence-electron chi connectivity index (χ3n) is 3.25. The summed E-state index contributed by atoms with van der Waals surface area (Å²) >= 11 is 10.8. The van der Waals surface area contributed by atoms with Crippen molar-refractivity contribution in [2.24, 2.45) is 0 Å². The van der Waals surface area contributed by atoms with Crippen molar-refractivity contribution in [2.45, 2.75) is 6.54 Å². The topological polar surface area (TPSA) is 54.0 Å². The Morgan fingerprint density at radius 1 is 1.21 bits per heavy atom. The van der Waals surface area contributed by atoms with Crippen LogP contribution in [0.4, 0.5) is 11.4 Å². The van der Waals surface area contributed by atoms with Crippen molar-refractivity contribution in [2.75, 3.05) is 10.6 Å². The molecule has 0 saturated heterocycles. The highest BCUT2D eigenvalue weighted by Gasteiger charge is 2.08. The standard InChI is InChI=1S/C17H13BrClN3OS/c18-14-8-12(20-9-13-10-21-17(19)24-13)6-7-15(14)22-16(23)11-4-2-1-3-5-11/h1-8,10,20H,9H2,(H,22,23). The molecule has 0 aliphatic heterocycles. The maximum Gasteiger partial charge on any atom is 0.255 e. The largest absolute Gasteiger partial charge is 0.380 e. The third kappa shape index (κ3) is 4.35. The zero-order chi connectivity index (χ0) is 16.9. The maximum atomic E-state index is 12.2. The second kappa shape index (κ2) is 7.79. The molecule has 0 fully saturated rings. The maximum absolute atomic E-state index is 12.2. The lowest BCUT2D eigenvalue weighted by atomic mass is 10.2. The quantitative estimate of drug-likeness (QED) is 0.577. The summed E-state index contributed by atoms with van der Waals surface area (Å²) in [6.45, 7) is 0.645. The van der Waals surface area contributed by atoms with E-state index in [-0.39, 0.29) is 5.91 Å². The first kappa shape index (κ1) is 17.0. The summed E-state index contributed by atoms with van der Waals surface area (Å²) in [6, 6.07) is 14.8. The molecule has 0 aliphatic rings. The van der Waals surface area contributed by atoms with Gasteiger partial charge in [0, 0.05) is 26.8 Å². The number of rotatable bonds is 5. The molecule has 1 amide bonds. The highest BCUT2D eigenvalue weighted by atomic mass is 79.9. The minimum Gasteiger partial charge on any atom is -0.380 e. The number of thiazole rings is 1. The summed E-state index contributed by atoms with van der Waals surface area (Å²) in [6.07, 6.45) is 1.75. The summed E-state index contributed by atoms with van der Waals surface area (Å²) in [5, 5.41) is 6.19. The summed E-state index contributed by atoms with van der Waals surface area (Å²) in [7, 11) is 0. The molecule has 1 aromatic heterocycles. The van der Waals surface area contributed by atoms with Crippen molar-refractivity contribution >= 4 is 56.1 Å². The number of nitrogens with one attached hydrogen (secondary N) is 2. The average Bonchev–Trinajstić information content (AvgIpc) is 3.01. The first-order chi connectivity index (χ1) is 11.6. The molecule has 4 nitrogen and oxygen atoms in total. The van der Waals surface area contributed by atoms with Crippen LogP contribution in [0.5, 0.6) is 0 Å². The number of carbonyl (C=O) groups is 1. The van der Waals surface area contributed by atoms with Crippen LogP contribution in [-0.4, -0.2) is 10.9 Å². The van der Waals surface area contributed by atoms with E-state index in [9.17, 15) is 4.79 Å². The van der Waals surface area contributed by atoms with Crippen LogP contribution in [0, 0.1) is 0 Å². The Hall–Kier alpha value is -1.89. The molecule has 0 aliphatic carbocycles. The van der Waals surface area contributed by atoms with Crippen LogP contribution in [0.1, 0.15) is 15.2 Å². The van der Waals surface area contributed by atoms with E-state index >= 15 is 0 Å². The number of anilines is 2. The first-order valence-electron chi connectivity index (χ1n) is 7.12. The second-order valence-electron chi connectivity index (χ2n) is 4.95. The van der Waals surface area contributed by atoms with Crippen LogP contribution in [0.3, 0.4) is 0 Å². The van der Waals surface area contributed by atoms with Crippen molar-refractivity contribution in [3.8, 4) is 0 Å². The Morgan fingerprint density at radius 3 is 2.67 bits per heavy atom. The van der Waals surface area contributed by atoms with Crippen molar-refractivity contribution in [1.82, 2.24) is 4.98 Å². The fraction of sp³-hybridized carbons (Fsp3) is 0.0588. The Morgan fingerprint density at radius 2 is 2.00 bits per heavy atom. The number of hydrogen-bond donors (Lipinski definition) is 2. The highest BCUT2D eigenvalue weighted by molar-refractivity contribution is 9.10. The summed E-state index contributed by atoms with van der Waals surface area (Å²) in [4.78, 5) is 17.3. The number of halogens is 2. The van der Waals surface area contributed by atoms with Gasteiger partial charge in [0.1, 0.15) is 0 Å². The number of amides is 1. The van der Waals surface area contributed by atoms with Crippen LogP contribution < -0.4 is 10.6 Å². The minimum absolute atomic E-state index is 0.142. The van der Waals surface area contributed by atoms with Gasteiger partial charge in [-0.2, -0.15) is 0 Å². The first-order valence-corrected chi connectivity index (χ1v) is 9.10. The molecular weight excluding hydrogens is 410 g/mol. The third-order valence-corrected chi connectivity index (χ3v) is 5.02. The van der Waals surface area contributed by atoms with Gasteiger partial charge in [0.2, 0.25) is 0 Å². The number of hydrogen-bond acceptors (Lipinski definition) is 4. The van der Waals surface area contributed by atoms with Gasteiger partial charge in [0.15, 0.2) is 4.47 Å². The van der Waals surface area contributed by atoms with E-state index in [4.69, 9.17) is 11.6 Å². The molecule has 0 unspecified atom stereocenters. The second-order valence-corrected chi connectivity index (χ2v) is 7.50. The average molecular weight is 423 g/mol. The van der Waals surface area contributed by atoms with E-state index in [2.05, 4.69) is 31.5 Å². The highest BCUT2D eigenvalue weighted by Crippen LogP contribution is 2.27. The van der Waals surface area contributed by atoms with Crippen molar-refractivity contribution < 1.29 is 4.79 Å². The molecule has 122 valence electrons. The SMILES string of the molecule is O=C(Nc1ccc(NCc2cnc(Cl)s2)cc1Br)c1ccccc1. The zero-order valence-corrected chi connectivity index (χ0v) is 15.6. The lowest BCUT2D eigenvalue weighted by molar-refractivity contribution is 0.102. The van der Waals surface area contributed by atoms with Crippen molar-refractivity contribution in [3.05, 3.63) is 74.1 Å². The molecule has 7 heteroatoms. The molecule has 0 spiro atoms. The monoisotopic (exact) mass is 421 g/mol. The summed E-state index contributed by atoms with van der Waals surface area (Å²) in [5.74, 6) is -0.142. The lowest BCUT2D eigenvalue weighted by Crippen LogP contribution is -2.12. The van der Waals surface area contributed by atoms with E-state index in [0.717, 1.165) is 20.7 Å². The smallest absolute Gasteiger partial charge is 0.255 e. The Bertz CT molecular complexity index is 854. The van der Waals surface area contributed by atoms with Crippen LogP contribution in [0.15, 0.2) is 59.2 Å². The molecule has 0 radical (unpaired) electrons. The molecule has 2 N–H and O–H groups in total.